The molecule has 1 fully saturated rings. The minimum absolute atomic E-state index is 0.0186. The molecule has 8 nitrogen and oxygen atoms in total. The van der Waals surface area contributed by atoms with E-state index in [0.29, 0.717) is 10.0 Å². The summed E-state index contributed by atoms with van der Waals surface area (Å²) in [6.45, 7) is -0.555. The van der Waals surface area contributed by atoms with Crippen molar-refractivity contribution >= 4 is 23.4 Å². The molecule has 13 heteroatoms. The average Bonchev–Trinajstić information content (AvgIpc) is 3.23. The second-order valence-corrected chi connectivity index (χ2v) is 8.52. The zero-order chi connectivity index (χ0) is 23.0. The number of thioether (sulfide) groups is 1. The molecule has 1 saturated heterocycles. The van der Waals surface area contributed by atoms with Gasteiger partial charge in [0.25, 0.3) is 0 Å². The van der Waals surface area contributed by atoms with Crippen LogP contribution in [0.5, 0.6) is 0 Å². The molecule has 0 bridgehead atoms. The lowest BCUT2D eigenvalue weighted by Gasteiger charge is -2.41. The van der Waals surface area contributed by atoms with Crippen molar-refractivity contribution in [1.29, 1.82) is 0 Å². The van der Waals surface area contributed by atoms with E-state index in [0.717, 1.165) is 28.6 Å². The van der Waals surface area contributed by atoms with Crippen LogP contribution in [0.25, 0.3) is 11.3 Å². The van der Waals surface area contributed by atoms with E-state index in [1.807, 2.05) is 0 Å². The standard InChI is InChI=1S/C19H16ClF3N4O4S/c20-9-1-2-24-14(5-9)32-19-18(30)16(17(29)13(7-28)31-19)27-6-12(25-26-27)8-3-10(21)15(23)11(22)4-8/h1-6,13,16-19,28-30H,7H2/t13?,16?,17-,18?,19+/m0/s1. The Kier molecular flexibility index (Phi) is 6.70. The number of hydrogen-bond acceptors (Lipinski definition) is 8. The molecule has 1 aromatic carbocycles. The highest BCUT2D eigenvalue weighted by Crippen LogP contribution is 2.38. The van der Waals surface area contributed by atoms with Crippen LogP contribution in [0.4, 0.5) is 13.2 Å². The lowest BCUT2D eigenvalue weighted by atomic mass is 9.97. The van der Waals surface area contributed by atoms with Crippen molar-refractivity contribution in [2.24, 2.45) is 0 Å². The maximum atomic E-state index is 13.6. The smallest absolute Gasteiger partial charge is 0.194 e. The molecule has 0 spiro atoms. The molecular weight excluding hydrogens is 473 g/mol. The van der Waals surface area contributed by atoms with Gasteiger partial charge in [0, 0.05) is 16.8 Å². The van der Waals surface area contributed by atoms with Gasteiger partial charge in [0.05, 0.1) is 12.8 Å². The molecule has 4 rings (SSSR count). The molecule has 0 saturated carbocycles. The first-order valence-electron chi connectivity index (χ1n) is 9.26. The molecule has 3 heterocycles. The maximum Gasteiger partial charge on any atom is 0.194 e. The molecule has 2 aromatic heterocycles. The van der Waals surface area contributed by atoms with Crippen LogP contribution in [0.1, 0.15) is 6.04 Å². The third-order valence-electron chi connectivity index (χ3n) is 4.88. The van der Waals surface area contributed by atoms with Crippen molar-refractivity contribution in [2.75, 3.05) is 6.61 Å². The molecule has 5 atom stereocenters. The lowest BCUT2D eigenvalue weighted by Crippen LogP contribution is -2.55. The van der Waals surface area contributed by atoms with Crippen molar-refractivity contribution < 1.29 is 33.2 Å². The third kappa shape index (κ3) is 4.47. The fourth-order valence-corrected chi connectivity index (χ4v) is 4.58. The van der Waals surface area contributed by atoms with Gasteiger partial charge in [0.1, 0.15) is 40.5 Å². The number of halogens is 4. The van der Waals surface area contributed by atoms with Crippen LogP contribution in [0, 0.1) is 17.5 Å². The molecule has 170 valence electrons. The summed E-state index contributed by atoms with van der Waals surface area (Å²) in [7, 11) is 0. The Morgan fingerprint density at radius 1 is 1.12 bits per heavy atom. The SMILES string of the molecule is OCC1O[C@H](Sc2cc(Cl)ccn2)C(O)C(n2cc(-c3cc(F)c(F)c(F)c3)nn2)[C@H]1O. The summed E-state index contributed by atoms with van der Waals surface area (Å²) < 4.78 is 47.1. The quantitative estimate of drug-likeness (QED) is 0.468. The summed E-state index contributed by atoms with van der Waals surface area (Å²) >= 11 is 6.98. The van der Waals surface area contributed by atoms with Crippen LogP contribution in [0.15, 0.2) is 41.7 Å². The largest absolute Gasteiger partial charge is 0.394 e. The highest BCUT2D eigenvalue weighted by Gasteiger charge is 2.46. The summed E-state index contributed by atoms with van der Waals surface area (Å²) in [6.07, 6.45) is -1.11. The van der Waals surface area contributed by atoms with Crippen LogP contribution in [0.3, 0.4) is 0 Å². The number of benzene rings is 1. The first-order chi connectivity index (χ1) is 15.3. The monoisotopic (exact) mass is 488 g/mol. The van der Waals surface area contributed by atoms with Gasteiger partial charge in [-0.2, -0.15) is 0 Å². The van der Waals surface area contributed by atoms with Crippen molar-refractivity contribution in [3.8, 4) is 11.3 Å². The molecule has 0 amide bonds. The van der Waals surface area contributed by atoms with Crippen molar-refractivity contribution in [3.63, 3.8) is 0 Å². The third-order valence-corrected chi connectivity index (χ3v) is 6.20. The van der Waals surface area contributed by atoms with Crippen molar-refractivity contribution in [2.45, 2.75) is 34.8 Å². The lowest BCUT2D eigenvalue weighted by molar-refractivity contribution is -0.178. The van der Waals surface area contributed by atoms with Crippen LogP contribution in [-0.4, -0.2) is 65.7 Å². The first kappa shape index (κ1) is 23.0. The summed E-state index contributed by atoms with van der Waals surface area (Å²) in [5, 5.41) is 39.7. The fourth-order valence-electron chi connectivity index (χ4n) is 3.30. The minimum Gasteiger partial charge on any atom is -0.394 e. The van der Waals surface area contributed by atoms with E-state index < -0.39 is 53.8 Å². The maximum absolute atomic E-state index is 13.6. The molecule has 3 unspecified atom stereocenters. The predicted octanol–water partition coefficient (Wildman–Crippen LogP) is 2.18. The molecular formula is C19H16ClF3N4O4S. The van der Waals surface area contributed by atoms with Crippen molar-refractivity contribution in [3.05, 3.63) is 59.1 Å². The highest BCUT2D eigenvalue weighted by molar-refractivity contribution is 7.99. The van der Waals surface area contributed by atoms with Crippen LogP contribution < -0.4 is 0 Å². The number of nitrogens with zero attached hydrogens (tertiary/aromatic N) is 4. The molecule has 3 aromatic rings. The average molecular weight is 489 g/mol. The van der Waals surface area contributed by atoms with Gasteiger partial charge >= 0.3 is 0 Å². The topological polar surface area (TPSA) is 114 Å². The summed E-state index contributed by atoms with van der Waals surface area (Å²) in [5.74, 6) is -4.41. The summed E-state index contributed by atoms with van der Waals surface area (Å²) in [4.78, 5) is 4.13. The van der Waals surface area contributed by atoms with Gasteiger partial charge in [-0.25, -0.2) is 22.8 Å². The number of pyridine rings is 1. The number of aliphatic hydroxyl groups excluding tert-OH is 3. The second kappa shape index (κ2) is 9.33. The molecule has 1 aliphatic heterocycles. The summed E-state index contributed by atoms with van der Waals surface area (Å²) in [5.41, 5.74) is -1.08. The Morgan fingerprint density at radius 2 is 1.84 bits per heavy atom. The van der Waals surface area contributed by atoms with Gasteiger partial charge in [-0.05, 0) is 24.3 Å². The Labute approximate surface area is 188 Å². The van der Waals surface area contributed by atoms with E-state index in [1.54, 1.807) is 12.1 Å². The van der Waals surface area contributed by atoms with E-state index >= 15 is 0 Å². The van der Waals surface area contributed by atoms with Gasteiger partial charge in [0.2, 0.25) is 0 Å². The Hall–Kier alpha value is -2.22. The zero-order valence-electron chi connectivity index (χ0n) is 16.0. The van der Waals surface area contributed by atoms with Crippen LogP contribution in [0.2, 0.25) is 5.02 Å². The molecule has 0 radical (unpaired) electrons. The number of hydrogen-bond donors (Lipinski definition) is 3. The van der Waals surface area contributed by atoms with E-state index in [9.17, 15) is 28.5 Å². The highest BCUT2D eigenvalue weighted by atomic mass is 35.5. The van der Waals surface area contributed by atoms with Gasteiger partial charge in [-0.3, -0.25) is 0 Å². The fraction of sp³-hybridized carbons (Fsp3) is 0.316. The first-order valence-corrected chi connectivity index (χ1v) is 10.5. The minimum atomic E-state index is -1.61. The van der Waals surface area contributed by atoms with Crippen molar-refractivity contribution in [1.82, 2.24) is 20.0 Å². The van der Waals surface area contributed by atoms with Crippen LogP contribution in [-0.2, 0) is 4.74 Å². The Balaban J connectivity index is 1.64. The normalized spacial score (nSPS) is 25.8. The number of aromatic nitrogens is 4. The zero-order valence-corrected chi connectivity index (χ0v) is 17.6. The summed E-state index contributed by atoms with van der Waals surface area (Å²) in [6, 6.07) is 3.51. The number of aliphatic hydroxyl groups is 3. The van der Waals surface area contributed by atoms with E-state index in [-0.39, 0.29) is 11.3 Å². The van der Waals surface area contributed by atoms with Gasteiger partial charge in [0.15, 0.2) is 17.5 Å². The van der Waals surface area contributed by atoms with E-state index in [4.69, 9.17) is 16.3 Å². The molecule has 32 heavy (non-hydrogen) atoms. The van der Waals surface area contributed by atoms with E-state index in [1.165, 1.54) is 12.4 Å². The molecule has 1 aliphatic rings. The number of ether oxygens (including phenoxy) is 1. The Bertz CT molecular complexity index is 1100. The molecule has 3 N–H and O–H groups in total. The van der Waals surface area contributed by atoms with Gasteiger partial charge < -0.3 is 20.1 Å². The number of rotatable bonds is 5. The molecule has 0 aliphatic carbocycles. The van der Waals surface area contributed by atoms with E-state index in [2.05, 4.69) is 15.3 Å². The predicted molar refractivity (Wildman–Crippen MR) is 107 cm³/mol. The van der Waals surface area contributed by atoms with Gasteiger partial charge in [-0.15, -0.1) is 5.10 Å². The van der Waals surface area contributed by atoms with Crippen LogP contribution >= 0.6 is 23.4 Å². The van der Waals surface area contributed by atoms with Gasteiger partial charge in [-0.1, -0.05) is 28.6 Å². The Morgan fingerprint density at radius 3 is 2.50 bits per heavy atom. The second-order valence-electron chi connectivity index (χ2n) is 6.97.